The fourth-order valence-corrected chi connectivity index (χ4v) is 2.82. The number of methoxy groups -OCH3 is 1. The maximum atomic E-state index is 12.4. The molecule has 0 radical (unpaired) electrons. The molecule has 1 aromatic rings. The van der Waals surface area contributed by atoms with E-state index in [2.05, 4.69) is 9.72 Å². The first kappa shape index (κ1) is 16.1. The standard InChI is InChI=1S/C14H18N2O7/c1-7-21-6-9-12(23-7)11(17)8(5-22-9)16-4-3-15-10(13(16)18)14(19)20-2/h3-4,7-9,11-12,17H,5-6H2,1-2H3/t7?,8-,9+,11+,12+/m0/s1. The minimum Gasteiger partial charge on any atom is -0.464 e. The Morgan fingerprint density at radius 2 is 2.22 bits per heavy atom. The van der Waals surface area contributed by atoms with Crippen LogP contribution in [0.15, 0.2) is 17.2 Å². The van der Waals surface area contributed by atoms with Gasteiger partial charge >= 0.3 is 5.97 Å². The number of aliphatic hydroxyl groups excluding tert-OH is 1. The highest BCUT2D eigenvalue weighted by Gasteiger charge is 2.45. The number of fused-ring (bicyclic) bond motifs is 1. The molecule has 2 fully saturated rings. The normalized spacial score (nSPS) is 33.8. The van der Waals surface area contributed by atoms with Crippen molar-refractivity contribution in [1.82, 2.24) is 9.55 Å². The maximum absolute atomic E-state index is 12.4. The van der Waals surface area contributed by atoms with Crippen LogP contribution in [0.3, 0.4) is 0 Å². The molecule has 9 heteroatoms. The van der Waals surface area contributed by atoms with Crippen molar-refractivity contribution >= 4 is 5.97 Å². The summed E-state index contributed by atoms with van der Waals surface area (Å²) in [5.74, 6) is -0.829. The number of hydrogen-bond donors (Lipinski definition) is 1. The first-order chi connectivity index (χ1) is 11.0. The lowest BCUT2D eigenvalue weighted by Crippen LogP contribution is -2.58. The summed E-state index contributed by atoms with van der Waals surface area (Å²) in [6.45, 7) is 2.13. The van der Waals surface area contributed by atoms with Crippen molar-refractivity contribution < 1.29 is 28.8 Å². The van der Waals surface area contributed by atoms with Crippen LogP contribution >= 0.6 is 0 Å². The van der Waals surface area contributed by atoms with Gasteiger partial charge < -0.3 is 28.6 Å². The van der Waals surface area contributed by atoms with Crippen LogP contribution in [0.4, 0.5) is 0 Å². The SMILES string of the molecule is COC(=O)c1nccn([C@H]2CO[C@@H]3COC(C)O[C@H]3[C@@H]2O)c1=O. The zero-order chi connectivity index (χ0) is 16.6. The van der Waals surface area contributed by atoms with E-state index >= 15 is 0 Å². The lowest BCUT2D eigenvalue weighted by atomic mass is 9.97. The molecule has 1 unspecified atom stereocenters. The third-order valence-electron chi connectivity index (χ3n) is 4.03. The fraction of sp³-hybridized carbons (Fsp3) is 0.643. The Hall–Kier alpha value is -1.81. The summed E-state index contributed by atoms with van der Waals surface area (Å²) < 4.78 is 22.3. The van der Waals surface area contributed by atoms with Crippen LogP contribution in [0.1, 0.15) is 23.5 Å². The largest absolute Gasteiger partial charge is 0.464 e. The number of ether oxygens (including phenoxy) is 4. The number of hydrogen-bond acceptors (Lipinski definition) is 8. The van der Waals surface area contributed by atoms with Gasteiger partial charge in [-0.3, -0.25) is 4.79 Å². The van der Waals surface area contributed by atoms with Gasteiger partial charge in [-0.1, -0.05) is 0 Å². The van der Waals surface area contributed by atoms with E-state index in [1.807, 2.05) is 0 Å². The third-order valence-corrected chi connectivity index (χ3v) is 4.03. The molecule has 23 heavy (non-hydrogen) atoms. The average molecular weight is 326 g/mol. The molecule has 0 spiro atoms. The van der Waals surface area contributed by atoms with E-state index in [0.717, 1.165) is 0 Å². The van der Waals surface area contributed by atoms with E-state index in [0.29, 0.717) is 6.61 Å². The highest BCUT2D eigenvalue weighted by atomic mass is 16.7. The quantitative estimate of drug-likeness (QED) is 0.696. The van der Waals surface area contributed by atoms with Crippen LogP contribution in [-0.2, 0) is 18.9 Å². The summed E-state index contributed by atoms with van der Waals surface area (Å²) in [7, 11) is 1.17. The molecule has 2 saturated heterocycles. The number of aromatic nitrogens is 2. The number of carbonyl (C=O) groups excluding carboxylic acids is 1. The first-order valence-electron chi connectivity index (χ1n) is 7.25. The number of carbonyl (C=O) groups is 1. The smallest absolute Gasteiger partial charge is 0.362 e. The van der Waals surface area contributed by atoms with Gasteiger partial charge in [-0.15, -0.1) is 0 Å². The minimum atomic E-state index is -0.981. The van der Waals surface area contributed by atoms with E-state index in [1.165, 1.54) is 24.1 Å². The van der Waals surface area contributed by atoms with Gasteiger partial charge in [0.2, 0.25) is 5.69 Å². The van der Waals surface area contributed by atoms with Crippen molar-refractivity contribution in [2.45, 2.75) is 37.6 Å². The van der Waals surface area contributed by atoms with Crippen LogP contribution in [0.2, 0.25) is 0 Å². The molecule has 2 aliphatic heterocycles. The highest BCUT2D eigenvalue weighted by molar-refractivity contribution is 5.86. The van der Waals surface area contributed by atoms with Crippen LogP contribution in [0, 0.1) is 0 Å². The molecule has 3 heterocycles. The Balaban J connectivity index is 1.90. The predicted octanol–water partition coefficient (Wildman–Crippen LogP) is -0.908. The van der Waals surface area contributed by atoms with E-state index in [4.69, 9.17) is 14.2 Å². The minimum absolute atomic E-state index is 0.0912. The maximum Gasteiger partial charge on any atom is 0.362 e. The van der Waals surface area contributed by atoms with Gasteiger partial charge in [0, 0.05) is 12.4 Å². The zero-order valence-electron chi connectivity index (χ0n) is 12.7. The molecule has 0 saturated carbocycles. The predicted molar refractivity (Wildman–Crippen MR) is 74.9 cm³/mol. The lowest BCUT2D eigenvalue weighted by molar-refractivity contribution is -0.297. The summed E-state index contributed by atoms with van der Waals surface area (Å²) in [6, 6.07) is -0.694. The van der Waals surface area contributed by atoms with Gasteiger partial charge in [0.15, 0.2) is 6.29 Å². The van der Waals surface area contributed by atoms with Crippen molar-refractivity contribution in [3.8, 4) is 0 Å². The zero-order valence-corrected chi connectivity index (χ0v) is 12.7. The lowest BCUT2D eigenvalue weighted by Gasteiger charge is -2.44. The Kier molecular flexibility index (Phi) is 4.44. The second kappa shape index (κ2) is 6.36. The summed E-state index contributed by atoms with van der Waals surface area (Å²) in [4.78, 5) is 27.7. The summed E-state index contributed by atoms with van der Waals surface area (Å²) in [5.41, 5.74) is -0.990. The monoisotopic (exact) mass is 326 g/mol. The van der Waals surface area contributed by atoms with Crippen LogP contribution < -0.4 is 5.56 Å². The molecule has 0 aliphatic carbocycles. The molecular formula is C14H18N2O7. The molecule has 0 aromatic carbocycles. The van der Waals surface area contributed by atoms with Gasteiger partial charge in [-0.05, 0) is 6.92 Å². The molecule has 1 N–H and O–H groups in total. The van der Waals surface area contributed by atoms with Gasteiger partial charge in [0.05, 0.1) is 26.4 Å². The fourth-order valence-electron chi connectivity index (χ4n) is 2.82. The Morgan fingerprint density at radius 1 is 1.43 bits per heavy atom. The molecule has 1 aromatic heterocycles. The molecular weight excluding hydrogens is 308 g/mol. The molecule has 2 aliphatic rings. The van der Waals surface area contributed by atoms with Gasteiger partial charge in [-0.25, -0.2) is 9.78 Å². The van der Waals surface area contributed by atoms with Crippen molar-refractivity contribution in [1.29, 1.82) is 0 Å². The molecule has 9 nitrogen and oxygen atoms in total. The van der Waals surface area contributed by atoms with Gasteiger partial charge in [-0.2, -0.15) is 0 Å². The van der Waals surface area contributed by atoms with Crippen LogP contribution in [-0.4, -0.2) is 65.6 Å². The van der Waals surface area contributed by atoms with Crippen molar-refractivity contribution in [2.75, 3.05) is 20.3 Å². The summed E-state index contributed by atoms with van der Waals surface area (Å²) in [6.07, 6.45) is 0.252. The number of nitrogens with zero attached hydrogens (tertiary/aromatic N) is 2. The van der Waals surface area contributed by atoms with E-state index in [1.54, 1.807) is 6.92 Å². The van der Waals surface area contributed by atoms with Gasteiger partial charge in [0.1, 0.15) is 18.3 Å². The van der Waals surface area contributed by atoms with Gasteiger partial charge in [0.25, 0.3) is 5.56 Å². The van der Waals surface area contributed by atoms with E-state index in [-0.39, 0.29) is 12.3 Å². The van der Waals surface area contributed by atoms with Crippen LogP contribution in [0.5, 0.6) is 0 Å². The molecule has 5 atom stereocenters. The molecule has 0 amide bonds. The van der Waals surface area contributed by atoms with E-state index in [9.17, 15) is 14.7 Å². The number of aliphatic hydroxyl groups is 1. The van der Waals surface area contributed by atoms with Crippen LogP contribution in [0.25, 0.3) is 0 Å². The average Bonchev–Trinajstić information content (AvgIpc) is 2.56. The second-order valence-electron chi connectivity index (χ2n) is 5.41. The van der Waals surface area contributed by atoms with Crippen molar-refractivity contribution in [3.63, 3.8) is 0 Å². The summed E-state index contributed by atoms with van der Waals surface area (Å²) in [5, 5.41) is 10.6. The van der Waals surface area contributed by atoms with Crippen molar-refractivity contribution in [2.24, 2.45) is 0 Å². The van der Waals surface area contributed by atoms with E-state index < -0.39 is 42.2 Å². The Bertz CT molecular complexity index is 646. The highest BCUT2D eigenvalue weighted by Crippen LogP contribution is 2.29. The van der Waals surface area contributed by atoms with Crippen molar-refractivity contribution in [3.05, 3.63) is 28.4 Å². The first-order valence-corrected chi connectivity index (χ1v) is 7.25. The molecule has 0 bridgehead atoms. The number of esters is 1. The molecule has 126 valence electrons. The Labute approximate surface area is 131 Å². The topological polar surface area (TPSA) is 109 Å². The third kappa shape index (κ3) is 2.88. The Morgan fingerprint density at radius 3 is 2.96 bits per heavy atom. The second-order valence-corrected chi connectivity index (χ2v) is 5.41. The summed E-state index contributed by atoms with van der Waals surface area (Å²) >= 11 is 0. The molecule has 3 rings (SSSR count). The number of rotatable bonds is 2.